The van der Waals surface area contributed by atoms with E-state index in [1.54, 1.807) is 23.1 Å². The number of halogens is 2. The zero-order valence-electron chi connectivity index (χ0n) is 18.5. The van der Waals surface area contributed by atoms with Crippen molar-refractivity contribution in [2.45, 2.75) is 59.2 Å². The number of hydrogen-bond acceptors (Lipinski definition) is 3. The summed E-state index contributed by atoms with van der Waals surface area (Å²) < 4.78 is 5.67. The summed E-state index contributed by atoms with van der Waals surface area (Å²) in [6.45, 7) is 7.92. The molecule has 168 valence electrons. The quantitative estimate of drug-likeness (QED) is 0.511. The second-order valence-corrected chi connectivity index (χ2v) is 8.40. The van der Waals surface area contributed by atoms with E-state index in [0.717, 1.165) is 17.5 Å². The lowest BCUT2D eigenvalue weighted by molar-refractivity contribution is -0.143. The molecular formula is C24H30Cl2N2O3. The van der Waals surface area contributed by atoms with Crippen LogP contribution in [0.15, 0.2) is 42.5 Å². The highest BCUT2D eigenvalue weighted by Gasteiger charge is 2.30. The molecule has 0 saturated carbocycles. The summed E-state index contributed by atoms with van der Waals surface area (Å²) in [4.78, 5) is 27.8. The third-order valence-electron chi connectivity index (χ3n) is 5.23. The lowest BCUT2D eigenvalue weighted by Gasteiger charge is -2.31. The molecule has 0 spiro atoms. The first-order chi connectivity index (χ1) is 14.8. The van der Waals surface area contributed by atoms with Crippen molar-refractivity contribution in [2.24, 2.45) is 0 Å². The van der Waals surface area contributed by atoms with Gasteiger partial charge in [0, 0.05) is 17.6 Å². The van der Waals surface area contributed by atoms with Gasteiger partial charge in [-0.2, -0.15) is 0 Å². The van der Waals surface area contributed by atoms with Crippen LogP contribution in [0.4, 0.5) is 0 Å². The van der Waals surface area contributed by atoms with E-state index >= 15 is 0 Å². The van der Waals surface area contributed by atoms with Gasteiger partial charge in [0.15, 0.2) is 6.61 Å². The fraction of sp³-hybridized carbons (Fsp3) is 0.417. The molecule has 2 rings (SSSR count). The number of hydrogen-bond donors (Lipinski definition) is 1. The van der Waals surface area contributed by atoms with Crippen molar-refractivity contribution in [3.63, 3.8) is 0 Å². The molecule has 2 aromatic rings. The van der Waals surface area contributed by atoms with E-state index in [-0.39, 0.29) is 24.5 Å². The lowest BCUT2D eigenvalue weighted by atomic mass is 10.1. The Morgan fingerprint density at radius 1 is 1.10 bits per heavy atom. The predicted octanol–water partition coefficient (Wildman–Crippen LogP) is 5.40. The molecule has 5 nitrogen and oxygen atoms in total. The molecule has 31 heavy (non-hydrogen) atoms. The molecule has 0 fully saturated rings. The highest BCUT2D eigenvalue weighted by Crippen LogP contribution is 2.27. The Hall–Kier alpha value is -2.24. The summed E-state index contributed by atoms with van der Waals surface area (Å²) >= 11 is 12.1. The van der Waals surface area contributed by atoms with Crippen LogP contribution in [0.5, 0.6) is 5.75 Å². The molecule has 0 aliphatic heterocycles. The second-order valence-electron chi connectivity index (χ2n) is 7.55. The maximum absolute atomic E-state index is 13.2. The third kappa shape index (κ3) is 7.15. The Kier molecular flexibility index (Phi) is 9.66. The molecule has 0 bridgehead atoms. The Morgan fingerprint density at radius 3 is 2.42 bits per heavy atom. The van der Waals surface area contributed by atoms with Crippen LogP contribution in [0, 0.1) is 6.92 Å². The molecular weight excluding hydrogens is 435 g/mol. The van der Waals surface area contributed by atoms with E-state index in [9.17, 15) is 9.59 Å². The Labute approximate surface area is 194 Å². The van der Waals surface area contributed by atoms with Gasteiger partial charge in [0.25, 0.3) is 5.91 Å². The van der Waals surface area contributed by atoms with Gasteiger partial charge in [0.2, 0.25) is 5.91 Å². The van der Waals surface area contributed by atoms with E-state index in [2.05, 4.69) is 5.32 Å². The Morgan fingerprint density at radius 2 is 1.81 bits per heavy atom. The molecule has 0 radical (unpaired) electrons. The van der Waals surface area contributed by atoms with Crippen molar-refractivity contribution < 1.29 is 14.3 Å². The summed E-state index contributed by atoms with van der Waals surface area (Å²) in [6.07, 6.45) is 1.30. The van der Waals surface area contributed by atoms with Gasteiger partial charge in [-0.15, -0.1) is 0 Å². The average molecular weight is 465 g/mol. The Balaban J connectivity index is 2.25. The minimum absolute atomic E-state index is 0.0288. The molecule has 0 saturated heterocycles. The van der Waals surface area contributed by atoms with E-state index in [0.29, 0.717) is 28.8 Å². The van der Waals surface area contributed by atoms with Crippen LogP contribution in [0.25, 0.3) is 0 Å². The van der Waals surface area contributed by atoms with Crippen molar-refractivity contribution in [3.05, 3.63) is 63.6 Å². The topological polar surface area (TPSA) is 58.6 Å². The second kappa shape index (κ2) is 12.0. The highest BCUT2D eigenvalue weighted by molar-refractivity contribution is 6.35. The van der Waals surface area contributed by atoms with Crippen LogP contribution in [-0.4, -0.2) is 35.4 Å². The van der Waals surface area contributed by atoms with Crippen LogP contribution >= 0.6 is 23.2 Å². The fourth-order valence-corrected chi connectivity index (χ4v) is 3.61. The molecule has 0 unspecified atom stereocenters. The van der Waals surface area contributed by atoms with Crippen LogP contribution in [0.2, 0.25) is 10.0 Å². The minimum atomic E-state index is -0.606. The van der Waals surface area contributed by atoms with E-state index in [1.807, 2.05) is 52.0 Å². The van der Waals surface area contributed by atoms with E-state index < -0.39 is 6.04 Å². The summed E-state index contributed by atoms with van der Waals surface area (Å²) in [5, 5.41) is 3.81. The first-order valence-electron chi connectivity index (χ1n) is 10.5. The van der Waals surface area contributed by atoms with Crippen molar-refractivity contribution in [2.75, 3.05) is 6.61 Å². The molecule has 0 aliphatic carbocycles. The third-order valence-corrected chi connectivity index (χ3v) is 5.76. The SMILES string of the molecule is CC[C@@H](C)NC(=O)[C@@H](CC)N(Cc1ccccc1C)C(=O)COc1ccc(Cl)cc1Cl. The number of nitrogens with one attached hydrogen (secondary N) is 1. The van der Waals surface area contributed by atoms with Crippen LogP contribution in [0.3, 0.4) is 0 Å². The van der Waals surface area contributed by atoms with Gasteiger partial charge in [-0.3, -0.25) is 9.59 Å². The number of carbonyl (C=O) groups excluding carboxylic acids is 2. The maximum Gasteiger partial charge on any atom is 0.261 e. The summed E-state index contributed by atoms with van der Waals surface area (Å²) in [7, 11) is 0. The zero-order valence-corrected chi connectivity index (χ0v) is 20.0. The van der Waals surface area contributed by atoms with E-state index in [1.165, 1.54) is 0 Å². The molecule has 7 heteroatoms. The van der Waals surface area contributed by atoms with Gasteiger partial charge in [-0.05, 0) is 56.0 Å². The minimum Gasteiger partial charge on any atom is -0.482 e. The molecule has 0 aromatic heterocycles. The molecule has 0 aliphatic rings. The number of benzene rings is 2. The van der Waals surface area contributed by atoms with Crippen molar-refractivity contribution in [1.82, 2.24) is 10.2 Å². The summed E-state index contributed by atoms with van der Waals surface area (Å²) in [6, 6.07) is 12.1. The smallest absolute Gasteiger partial charge is 0.261 e. The molecule has 2 amide bonds. The number of aryl methyl sites for hydroxylation is 1. The highest BCUT2D eigenvalue weighted by atomic mass is 35.5. The van der Waals surface area contributed by atoms with E-state index in [4.69, 9.17) is 27.9 Å². The average Bonchev–Trinajstić information content (AvgIpc) is 2.74. The van der Waals surface area contributed by atoms with Gasteiger partial charge in [0.1, 0.15) is 11.8 Å². The summed E-state index contributed by atoms with van der Waals surface area (Å²) in [5.41, 5.74) is 2.04. The fourth-order valence-electron chi connectivity index (χ4n) is 3.15. The largest absolute Gasteiger partial charge is 0.482 e. The normalized spacial score (nSPS) is 12.7. The Bertz CT molecular complexity index is 904. The number of nitrogens with zero attached hydrogens (tertiary/aromatic N) is 1. The van der Waals surface area contributed by atoms with Crippen molar-refractivity contribution in [1.29, 1.82) is 0 Å². The number of ether oxygens (including phenoxy) is 1. The van der Waals surface area contributed by atoms with Crippen LogP contribution in [-0.2, 0) is 16.1 Å². The van der Waals surface area contributed by atoms with Gasteiger partial charge in [-0.1, -0.05) is 61.3 Å². The van der Waals surface area contributed by atoms with Crippen LogP contribution < -0.4 is 10.1 Å². The van der Waals surface area contributed by atoms with Gasteiger partial charge in [0.05, 0.1) is 5.02 Å². The summed E-state index contributed by atoms with van der Waals surface area (Å²) in [5.74, 6) is -0.0869. The number of rotatable bonds is 10. The van der Waals surface area contributed by atoms with Crippen LogP contribution in [0.1, 0.15) is 44.7 Å². The number of amides is 2. The first-order valence-corrected chi connectivity index (χ1v) is 11.2. The van der Waals surface area contributed by atoms with Gasteiger partial charge < -0.3 is 15.0 Å². The lowest BCUT2D eigenvalue weighted by Crippen LogP contribution is -2.51. The van der Waals surface area contributed by atoms with Crippen molar-refractivity contribution in [3.8, 4) is 5.75 Å². The van der Waals surface area contributed by atoms with Gasteiger partial charge in [-0.25, -0.2) is 0 Å². The monoisotopic (exact) mass is 464 g/mol. The maximum atomic E-state index is 13.2. The molecule has 2 aromatic carbocycles. The predicted molar refractivity (Wildman–Crippen MR) is 126 cm³/mol. The molecule has 0 heterocycles. The standard InChI is InChI=1S/C24H30Cl2N2O3/c1-5-17(4)27-24(30)21(6-2)28(14-18-10-8-7-9-16(18)3)23(29)15-31-22-12-11-19(25)13-20(22)26/h7-13,17,21H,5-6,14-15H2,1-4H3,(H,27,30)/t17-,21-/m1/s1. The molecule has 1 N–H and O–H groups in total. The van der Waals surface area contributed by atoms with Crippen molar-refractivity contribution >= 4 is 35.0 Å². The molecule has 2 atom stereocenters. The van der Waals surface area contributed by atoms with Gasteiger partial charge >= 0.3 is 0 Å². The number of carbonyl (C=O) groups is 2. The first kappa shape index (κ1) is 25.0. The zero-order chi connectivity index (χ0) is 23.0.